The van der Waals surface area contributed by atoms with Crippen LogP contribution >= 0.6 is 70.6 Å². The van der Waals surface area contributed by atoms with E-state index in [1.54, 1.807) is 0 Å². The van der Waals surface area contributed by atoms with Gasteiger partial charge in [0.2, 0.25) is 0 Å². The molecule has 174 valence electrons. The predicted molar refractivity (Wildman–Crippen MR) is 158 cm³/mol. The van der Waals surface area contributed by atoms with Crippen LogP contribution in [-0.2, 0) is 0 Å². The van der Waals surface area contributed by atoms with Crippen molar-refractivity contribution in [1.82, 2.24) is 0 Å². The van der Waals surface area contributed by atoms with Gasteiger partial charge in [0.05, 0.1) is 18.3 Å². The Morgan fingerprint density at radius 2 is 0.567 bits per heavy atom. The molecule has 0 aromatic rings. The van der Waals surface area contributed by atoms with E-state index in [-0.39, 0.29) is 0 Å². The lowest BCUT2D eigenvalue weighted by Gasteiger charge is -2.17. The molecule has 0 rings (SSSR count). The molecule has 0 aliphatic carbocycles. The summed E-state index contributed by atoms with van der Waals surface area (Å²) in [5, 5.41) is 3.26. The van der Waals surface area contributed by atoms with E-state index < -0.39 is 0 Å². The van der Waals surface area contributed by atoms with Gasteiger partial charge in [0, 0.05) is 31.5 Å². The quantitative estimate of drug-likeness (QED) is 0.232. The molecule has 0 aliphatic heterocycles. The Morgan fingerprint density at radius 1 is 0.367 bits per heavy atom. The van der Waals surface area contributed by atoms with Crippen LogP contribution in [0.25, 0.3) is 0 Å². The van der Waals surface area contributed by atoms with E-state index in [4.69, 9.17) is 0 Å². The molecule has 0 atom stereocenters. The molecule has 0 radical (unpaired) electrons. The summed E-state index contributed by atoms with van der Waals surface area (Å²) in [6, 6.07) is 0. The van der Waals surface area contributed by atoms with E-state index in [1.165, 1.54) is 18.3 Å². The van der Waals surface area contributed by atoms with E-state index in [1.807, 2.05) is 70.6 Å². The lowest BCUT2D eigenvalue weighted by atomic mass is 10.5. The Morgan fingerprint density at radius 3 is 0.733 bits per heavy atom. The Labute approximate surface area is 213 Å². The topological polar surface area (TPSA) is 0 Å². The molecule has 0 N–H and O–H groups in total. The molecule has 0 aliphatic rings. The van der Waals surface area contributed by atoms with Crippen molar-refractivity contribution < 1.29 is 0 Å². The van der Waals surface area contributed by atoms with Crippen molar-refractivity contribution in [3.63, 3.8) is 0 Å². The van der Waals surface area contributed by atoms with Crippen molar-refractivity contribution in [1.29, 1.82) is 0 Å². The molecule has 0 spiro atoms. The zero-order valence-corrected chi connectivity index (χ0v) is 25.8. The number of rotatable bonds is 12. The van der Waals surface area contributed by atoms with Crippen molar-refractivity contribution in [3.8, 4) is 11.8 Å². The predicted octanol–water partition coefficient (Wildman–Crippen LogP) is 10.2. The van der Waals surface area contributed by atoms with Crippen LogP contribution in [0.3, 0.4) is 0 Å². The summed E-state index contributed by atoms with van der Waals surface area (Å²) in [5.41, 5.74) is 0. The minimum Gasteiger partial charge on any atom is -0.115 e. The van der Waals surface area contributed by atoms with Gasteiger partial charge in [-0.1, -0.05) is 94.9 Å². The molecule has 0 unspecified atom stereocenters. The van der Waals surface area contributed by atoms with Crippen molar-refractivity contribution in [2.45, 2.75) is 115 Å². The standard InChI is InChI=1S/C24H42S6/c1-15(2)25-21(23(27-17(5)6)28-18(7)8)13-14-22(26-16(3)4)24(29-19(9)10)30-20(11)12/h15-20H,1-12H3. The summed E-state index contributed by atoms with van der Waals surface area (Å²) in [6.07, 6.45) is 0. The van der Waals surface area contributed by atoms with Crippen LogP contribution in [0.5, 0.6) is 0 Å². The first-order valence-electron chi connectivity index (χ1n) is 10.8. The lowest BCUT2D eigenvalue weighted by Crippen LogP contribution is -1.97. The average molecular weight is 523 g/mol. The van der Waals surface area contributed by atoms with Gasteiger partial charge in [-0.15, -0.1) is 70.6 Å². The van der Waals surface area contributed by atoms with E-state index >= 15 is 0 Å². The van der Waals surface area contributed by atoms with E-state index in [2.05, 4.69) is 94.9 Å². The first kappa shape index (κ1) is 31.1. The normalized spacial score (nSPS) is 11.7. The highest BCUT2D eigenvalue weighted by atomic mass is 32.2. The Kier molecular flexibility index (Phi) is 17.3. The zero-order valence-electron chi connectivity index (χ0n) is 20.9. The van der Waals surface area contributed by atoms with Crippen LogP contribution in [0.2, 0.25) is 0 Å². The first-order valence-corrected chi connectivity index (χ1v) is 16.1. The molecular formula is C24H42S6. The molecule has 0 aromatic carbocycles. The summed E-state index contributed by atoms with van der Waals surface area (Å²) in [6.45, 7) is 27.2. The molecule has 0 bridgehead atoms. The number of hydrogen-bond acceptors (Lipinski definition) is 6. The monoisotopic (exact) mass is 522 g/mol. The third-order valence-corrected chi connectivity index (χ3v) is 9.99. The van der Waals surface area contributed by atoms with Crippen molar-refractivity contribution in [2.24, 2.45) is 0 Å². The molecule has 0 amide bonds. The first-order chi connectivity index (χ1) is 13.8. The van der Waals surface area contributed by atoms with Gasteiger partial charge < -0.3 is 0 Å². The summed E-state index contributed by atoms with van der Waals surface area (Å²) in [5.74, 6) is 7.28. The molecule has 0 saturated heterocycles. The smallest absolute Gasteiger partial charge is 0.0780 e. The van der Waals surface area contributed by atoms with Crippen LogP contribution in [0.4, 0.5) is 0 Å². The summed E-state index contributed by atoms with van der Waals surface area (Å²) in [7, 11) is 0. The molecule has 0 aromatic heterocycles. The van der Waals surface area contributed by atoms with E-state index in [9.17, 15) is 0 Å². The van der Waals surface area contributed by atoms with Crippen LogP contribution < -0.4 is 0 Å². The van der Waals surface area contributed by atoms with Gasteiger partial charge >= 0.3 is 0 Å². The molecular weight excluding hydrogens is 481 g/mol. The molecule has 0 fully saturated rings. The maximum atomic E-state index is 3.64. The van der Waals surface area contributed by atoms with Gasteiger partial charge in [0.25, 0.3) is 0 Å². The van der Waals surface area contributed by atoms with Crippen LogP contribution in [-0.4, -0.2) is 31.5 Å². The van der Waals surface area contributed by atoms with Crippen LogP contribution in [0.15, 0.2) is 18.3 Å². The molecule has 6 heteroatoms. The minimum atomic E-state index is 0.518. The second kappa shape index (κ2) is 16.7. The van der Waals surface area contributed by atoms with Crippen molar-refractivity contribution >= 4 is 70.6 Å². The lowest BCUT2D eigenvalue weighted by molar-refractivity contribution is 1.11. The summed E-state index contributed by atoms with van der Waals surface area (Å²) < 4.78 is 2.77. The largest absolute Gasteiger partial charge is 0.115 e. The summed E-state index contributed by atoms with van der Waals surface area (Å²) >= 11 is 11.7. The van der Waals surface area contributed by atoms with Gasteiger partial charge in [0.1, 0.15) is 0 Å². The number of thioether (sulfide) groups is 6. The molecule has 0 nitrogen and oxygen atoms in total. The van der Waals surface area contributed by atoms with Crippen LogP contribution in [0.1, 0.15) is 83.1 Å². The van der Waals surface area contributed by atoms with Crippen LogP contribution in [0, 0.1) is 11.8 Å². The molecule has 0 saturated carbocycles. The molecule has 0 heterocycles. The minimum absolute atomic E-state index is 0.518. The van der Waals surface area contributed by atoms with E-state index in [0.29, 0.717) is 31.5 Å². The van der Waals surface area contributed by atoms with Gasteiger partial charge in [0.15, 0.2) is 0 Å². The highest BCUT2D eigenvalue weighted by Gasteiger charge is 2.16. The van der Waals surface area contributed by atoms with Gasteiger partial charge in [-0.05, 0) is 0 Å². The van der Waals surface area contributed by atoms with Crippen molar-refractivity contribution in [3.05, 3.63) is 18.3 Å². The second-order valence-corrected chi connectivity index (χ2v) is 18.5. The number of hydrogen-bond donors (Lipinski definition) is 0. The Balaban J connectivity index is 6.46. The van der Waals surface area contributed by atoms with Gasteiger partial charge in [-0.25, -0.2) is 0 Å². The fraction of sp³-hybridized carbons (Fsp3) is 0.750. The number of allylic oxidation sites excluding steroid dienone is 2. The highest BCUT2D eigenvalue weighted by Crippen LogP contribution is 2.43. The van der Waals surface area contributed by atoms with Gasteiger partial charge in [-0.3, -0.25) is 0 Å². The summed E-state index contributed by atoms with van der Waals surface area (Å²) in [4.78, 5) is 2.49. The van der Waals surface area contributed by atoms with Crippen molar-refractivity contribution in [2.75, 3.05) is 0 Å². The third-order valence-electron chi connectivity index (χ3n) is 2.74. The van der Waals surface area contributed by atoms with Gasteiger partial charge in [-0.2, -0.15) is 0 Å². The Bertz CT molecular complexity index is 539. The maximum absolute atomic E-state index is 3.64. The average Bonchev–Trinajstić information content (AvgIpc) is 2.53. The SMILES string of the molecule is CC(C)SC(C#CC(SC(C)C)=C(SC(C)C)SC(C)C)=C(SC(C)C)SC(C)C. The zero-order chi connectivity index (χ0) is 23.4. The van der Waals surface area contributed by atoms with E-state index in [0.717, 1.165) is 0 Å². The Hall–Kier alpha value is 1.14. The fourth-order valence-electron chi connectivity index (χ4n) is 1.97. The maximum Gasteiger partial charge on any atom is 0.0780 e. The fourth-order valence-corrected chi connectivity index (χ4v) is 9.58. The highest BCUT2D eigenvalue weighted by molar-refractivity contribution is 8.24. The third kappa shape index (κ3) is 15.9. The second-order valence-electron chi connectivity index (χ2n) is 8.48. The molecule has 30 heavy (non-hydrogen) atoms.